The Morgan fingerprint density at radius 1 is 1.23 bits per heavy atom. The lowest BCUT2D eigenvalue weighted by molar-refractivity contribution is -0.157. The maximum Gasteiger partial charge on any atom is 0.451 e. The van der Waals surface area contributed by atoms with E-state index in [9.17, 15) is 18.0 Å². The third-order valence-electron chi connectivity index (χ3n) is 5.44. The van der Waals surface area contributed by atoms with Gasteiger partial charge in [0.05, 0.1) is 18.9 Å². The molecule has 8 nitrogen and oxygen atoms in total. The summed E-state index contributed by atoms with van der Waals surface area (Å²) in [5, 5.41) is 11.0. The van der Waals surface area contributed by atoms with Crippen LogP contribution in [0.15, 0.2) is 29.4 Å². The Bertz CT molecular complexity index is 1000. The summed E-state index contributed by atoms with van der Waals surface area (Å²) in [6.45, 7) is 3.30. The first-order valence-corrected chi connectivity index (χ1v) is 9.35. The zero-order valence-corrected chi connectivity index (χ0v) is 16.6. The van der Waals surface area contributed by atoms with Crippen molar-refractivity contribution in [2.45, 2.75) is 44.6 Å². The van der Waals surface area contributed by atoms with E-state index in [2.05, 4.69) is 15.4 Å². The fourth-order valence-electron chi connectivity index (χ4n) is 3.77. The van der Waals surface area contributed by atoms with Crippen molar-refractivity contribution in [1.29, 1.82) is 0 Å². The smallest absolute Gasteiger partial charge is 0.451 e. The summed E-state index contributed by atoms with van der Waals surface area (Å²) < 4.78 is 45.5. The second kappa shape index (κ2) is 6.99. The van der Waals surface area contributed by atoms with Gasteiger partial charge in [-0.05, 0) is 43.7 Å². The SMILES string of the molecule is COc1ccc(C2=NOC(C)(C(=O)N3CCn4c(nnc4C(F)(F)F)C3C)C2)cc1. The number of nitrogens with zero attached hydrogens (tertiary/aromatic N) is 5. The zero-order chi connectivity index (χ0) is 21.7. The Hall–Kier alpha value is -3.11. The number of oxime groups is 1. The van der Waals surface area contributed by atoms with E-state index in [0.29, 0.717) is 11.5 Å². The Morgan fingerprint density at radius 2 is 1.93 bits per heavy atom. The van der Waals surface area contributed by atoms with E-state index < -0.39 is 23.6 Å². The largest absolute Gasteiger partial charge is 0.497 e. The van der Waals surface area contributed by atoms with Crippen molar-refractivity contribution >= 4 is 11.6 Å². The van der Waals surface area contributed by atoms with Crippen LogP contribution in [0.4, 0.5) is 13.2 Å². The number of fused-ring (bicyclic) bond motifs is 1. The topological polar surface area (TPSA) is 81.8 Å². The lowest BCUT2D eigenvalue weighted by Gasteiger charge is -2.37. The summed E-state index contributed by atoms with van der Waals surface area (Å²) in [5.74, 6) is -0.614. The Kier molecular flexibility index (Phi) is 4.70. The van der Waals surface area contributed by atoms with Gasteiger partial charge in [0.2, 0.25) is 11.4 Å². The fourth-order valence-corrected chi connectivity index (χ4v) is 3.77. The number of benzene rings is 1. The summed E-state index contributed by atoms with van der Waals surface area (Å²) in [6, 6.07) is 6.53. The second-order valence-electron chi connectivity index (χ2n) is 7.47. The molecule has 4 rings (SSSR count). The molecule has 1 amide bonds. The van der Waals surface area contributed by atoms with Gasteiger partial charge in [-0.2, -0.15) is 13.2 Å². The molecule has 3 heterocycles. The first-order chi connectivity index (χ1) is 14.1. The van der Waals surface area contributed by atoms with Gasteiger partial charge in [0.25, 0.3) is 5.91 Å². The van der Waals surface area contributed by atoms with E-state index in [-0.39, 0.29) is 31.2 Å². The second-order valence-corrected chi connectivity index (χ2v) is 7.47. The summed E-state index contributed by atoms with van der Waals surface area (Å²) in [6.07, 6.45) is -4.36. The van der Waals surface area contributed by atoms with Crippen molar-refractivity contribution in [3.63, 3.8) is 0 Å². The average Bonchev–Trinajstić information content (AvgIpc) is 3.33. The highest BCUT2D eigenvalue weighted by molar-refractivity contribution is 6.05. The first kappa shape index (κ1) is 20.2. The third-order valence-corrected chi connectivity index (χ3v) is 5.44. The maximum absolute atomic E-state index is 13.3. The molecule has 11 heteroatoms. The van der Waals surface area contributed by atoms with Gasteiger partial charge >= 0.3 is 6.18 Å². The molecule has 0 fully saturated rings. The van der Waals surface area contributed by atoms with E-state index in [1.165, 1.54) is 4.90 Å². The van der Waals surface area contributed by atoms with Crippen molar-refractivity contribution in [2.75, 3.05) is 13.7 Å². The molecular formula is C19H20F3N5O3. The van der Waals surface area contributed by atoms with Crippen molar-refractivity contribution < 1.29 is 27.5 Å². The summed E-state index contributed by atoms with van der Waals surface area (Å²) in [5.41, 5.74) is 0.160. The number of amides is 1. The van der Waals surface area contributed by atoms with Crippen molar-refractivity contribution in [2.24, 2.45) is 5.16 Å². The third kappa shape index (κ3) is 3.27. The summed E-state index contributed by atoms with van der Waals surface area (Å²) in [7, 11) is 1.57. The van der Waals surface area contributed by atoms with Crippen LogP contribution < -0.4 is 4.74 Å². The van der Waals surface area contributed by atoms with Gasteiger partial charge in [0, 0.05) is 19.5 Å². The van der Waals surface area contributed by atoms with Crippen LogP contribution in [0.3, 0.4) is 0 Å². The predicted molar refractivity (Wildman–Crippen MR) is 98.8 cm³/mol. The quantitative estimate of drug-likeness (QED) is 0.758. The minimum atomic E-state index is -4.60. The van der Waals surface area contributed by atoms with Gasteiger partial charge < -0.3 is 19.0 Å². The predicted octanol–water partition coefficient (Wildman–Crippen LogP) is 2.79. The number of alkyl halides is 3. The molecule has 30 heavy (non-hydrogen) atoms. The molecule has 2 atom stereocenters. The van der Waals surface area contributed by atoms with Crippen molar-refractivity contribution in [3.8, 4) is 5.75 Å². The molecule has 0 aliphatic carbocycles. The zero-order valence-electron chi connectivity index (χ0n) is 16.6. The summed E-state index contributed by atoms with van der Waals surface area (Å²) in [4.78, 5) is 20.2. The van der Waals surface area contributed by atoms with Gasteiger partial charge in [-0.3, -0.25) is 4.79 Å². The van der Waals surface area contributed by atoms with E-state index in [1.54, 1.807) is 33.1 Å². The van der Waals surface area contributed by atoms with E-state index in [0.717, 1.165) is 10.1 Å². The van der Waals surface area contributed by atoms with Crippen molar-refractivity contribution in [1.82, 2.24) is 19.7 Å². The number of methoxy groups -OCH3 is 1. The van der Waals surface area contributed by atoms with E-state index in [4.69, 9.17) is 9.57 Å². The van der Waals surface area contributed by atoms with Crippen LogP contribution in [0.5, 0.6) is 5.75 Å². The van der Waals surface area contributed by atoms with Crippen LogP contribution in [0, 0.1) is 0 Å². The number of carbonyl (C=O) groups excluding carboxylic acids is 1. The molecule has 1 aromatic carbocycles. The number of aromatic nitrogens is 3. The van der Waals surface area contributed by atoms with Gasteiger partial charge in [-0.1, -0.05) is 5.16 Å². The number of carbonyl (C=O) groups is 1. The first-order valence-electron chi connectivity index (χ1n) is 9.35. The molecule has 1 aromatic heterocycles. The van der Waals surface area contributed by atoms with Crippen LogP contribution >= 0.6 is 0 Å². The lowest BCUT2D eigenvalue weighted by atomic mass is 9.93. The molecule has 2 aromatic rings. The van der Waals surface area contributed by atoms with Crippen LogP contribution in [0.25, 0.3) is 0 Å². The number of hydrogen-bond donors (Lipinski definition) is 0. The van der Waals surface area contributed by atoms with Gasteiger partial charge in [-0.25, -0.2) is 0 Å². The Balaban J connectivity index is 1.51. The average molecular weight is 423 g/mol. The molecule has 0 radical (unpaired) electrons. The van der Waals surface area contributed by atoms with Gasteiger partial charge in [0.15, 0.2) is 5.82 Å². The van der Waals surface area contributed by atoms with Gasteiger partial charge in [0.1, 0.15) is 5.75 Å². The Morgan fingerprint density at radius 3 is 2.57 bits per heavy atom. The normalized spacial score (nSPS) is 23.6. The minimum Gasteiger partial charge on any atom is -0.497 e. The van der Waals surface area contributed by atoms with Crippen LogP contribution in [0.2, 0.25) is 0 Å². The highest BCUT2D eigenvalue weighted by Crippen LogP contribution is 2.36. The van der Waals surface area contributed by atoms with Crippen LogP contribution in [0.1, 0.15) is 43.5 Å². The number of hydrogen-bond acceptors (Lipinski definition) is 6. The molecule has 2 unspecified atom stereocenters. The lowest BCUT2D eigenvalue weighted by Crippen LogP contribution is -2.51. The van der Waals surface area contributed by atoms with Crippen molar-refractivity contribution in [3.05, 3.63) is 41.5 Å². The van der Waals surface area contributed by atoms with Gasteiger partial charge in [-0.15, -0.1) is 10.2 Å². The van der Waals surface area contributed by atoms with Crippen LogP contribution in [-0.2, 0) is 22.4 Å². The summed E-state index contributed by atoms with van der Waals surface area (Å²) >= 11 is 0. The molecule has 0 spiro atoms. The fraction of sp³-hybridized carbons (Fsp3) is 0.474. The standard InChI is InChI=1S/C19H20F3N5O3/c1-11-15-23-24-16(19(20,21)22)27(15)9-8-26(11)17(28)18(2)10-14(25-30-18)12-4-6-13(29-3)7-5-12/h4-7,11H,8-10H2,1-3H3. The van der Waals surface area contributed by atoms with Crippen LogP contribution in [-0.4, -0.2) is 50.5 Å². The molecular weight excluding hydrogens is 403 g/mol. The molecule has 0 saturated carbocycles. The maximum atomic E-state index is 13.3. The monoisotopic (exact) mass is 423 g/mol. The number of rotatable bonds is 3. The van der Waals surface area contributed by atoms with E-state index in [1.807, 2.05) is 12.1 Å². The molecule has 0 N–H and O–H groups in total. The molecule has 2 aliphatic rings. The molecule has 2 aliphatic heterocycles. The minimum absolute atomic E-state index is 0.0461. The molecule has 0 bridgehead atoms. The molecule has 0 saturated heterocycles. The Labute approximate surface area is 170 Å². The van der Waals surface area contributed by atoms with E-state index >= 15 is 0 Å². The number of ether oxygens (including phenoxy) is 1. The number of halogens is 3. The highest BCUT2D eigenvalue weighted by Gasteiger charge is 2.48. The molecule has 160 valence electrons. The highest BCUT2D eigenvalue weighted by atomic mass is 19.4.